The molecule has 0 atom stereocenters. The molecule has 0 aromatic heterocycles. The first-order valence-corrected chi connectivity index (χ1v) is 7.14. The number of hydrogen-bond donors (Lipinski definition) is 2. The molecule has 2 rings (SSSR count). The number of hydrogen-bond acceptors (Lipinski definition) is 2. The molecule has 0 radical (unpaired) electrons. The van der Waals surface area contributed by atoms with Crippen molar-refractivity contribution >= 4 is 28.9 Å². The average Bonchev–Trinajstić information content (AvgIpc) is 2.67. The molecule has 1 fully saturated rings. The average molecular weight is 295 g/mol. The molecule has 6 heteroatoms. The second kappa shape index (κ2) is 6.65. The van der Waals surface area contributed by atoms with Gasteiger partial charge in [-0.2, -0.15) is 0 Å². The topological polar surface area (TPSA) is 58.4 Å². The number of rotatable bonds is 2. The van der Waals surface area contributed by atoms with Gasteiger partial charge in [0.2, 0.25) is 0 Å². The van der Waals surface area contributed by atoms with Gasteiger partial charge in [-0.3, -0.25) is 0 Å². The lowest BCUT2D eigenvalue weighted by Crippen LogP contribution is -2.36. The third-order valence-corrected chi connectivity index (χ3v) is 3.60. The number of benzene rings is 1. The molecule has 0 spiro atoms. The Labute approximate surface area is 123 Å². The van der Waals surface area contributed by atoms with Crippen molar-refractivity contribution < 1.29 is 9.18 Å². The molecule has 4 nitrogen and oxygen atoms in total. The zero-order valence-electron chi connectivity index (χ0n) is 11.2. The summed E-state index contributed by atoms with van der Waals surface area (Å²) in [6.07, 6.45) is 4.28. The number of amides is 2. The van der Waals surface area contributed by atoms with Crippen LogP contribution in [0, 0.1) is 5.82 Å². The van der Waals surface area contributed by atoms with Crippen LogP contribution in [-0.2, 0) is 0 Å². The molecule has 0 aliphatic carbocycles. The first-order valence-electron chi connectivity index (χ1n) is 6.74. The first kappa shape index (κ1) is 14.7. The highest BCUT2D eigenvalue weighted by Gasteiger charge is 2.18. The van der Waals surface area contributed by atoms with E-state index >= 15 is 0 Å². The van der Waals surface area contributed by atoms with E-state index in [9.17, 15) is 9.18 Å². The maximum Gasteiger partial charge on any atom is 0.321 e. The van der Waals surface area contributed by atoms with Crippen LogP contribution in [0.5, 0.6) is 0 Å². The Morgan fingerprint density at radius 3 is 2.50 bits per heavy atom. The molecular weight excluding hydrogens is 277 g/mol. The molecular formula is C14H18FN3OS. The highest BCUT2D eigenvalue weighted by Crippen LogP contribution is 2.20. The summed E-state index contributed by atoms with van der Waals surface area (Å²) in [6.45, 7) is 1.45. The molecule has 0 unspecified atom stereocenters. The SMILES string of the molecule is NC(=S)c1c(F)cccc1NC(=O)N1CCCCCC1. The molecule has 1 saturated heterocycles. The van der Waals surface area contributed by atoms with Crippen LogP contribution in [0.4, 0.5) is 14.9 Å². The van der Waals surface area contributed by atoms with Crippen LogP contribution in [0.2, 0.25) is 0 Å². The van der Waals surface area contributed by atoms with Gasteiger partial charge in [0.15, 0.2) is 0 Å². The zero-order chi connectivity index (χ0) is 14.5. The minimum absolute atomic E-state index is 0.0609. The monoisotopic (exact) mass is 295 g/mol. The van der Waals surface area contributed by atoms with Crippen molar-refractivity contribution in [2.24, 2.45) is 5.73 Å². The van der Waals surface area contributed by atoms with Gasteiger partial charge in [0.25, 0.3) is 0 Å². The zero-order valence-corrected chi connectivity index (χ0v) is 12.0. The van der Waals surface area contributed by atoms with Gasteiger partial charge in [0, 0.05) is 13.1 Å². The second-order valence-corrected chi connectivity index (χ2v) is 5.30. The van der Waals surface area contributed by atoms with Gasteiger partial charge >= 0.3 is 6.03 Å². The van der Waals surface area contributed by atoms with Gasteiger partial charge in [-0.25, -0.2) is 9.18 Å². The van der Waals surface area contributed by atoms with Crippen LogP contribution in [0.25, 0.3) is 0 Å². The smallest absolute Gasteiger partial charge is 0.321 e. The predicted molar refractivity (Wildman–Crippen MR) is 81.3 cm³/mol. The van der Waals surface area contributed by atoms with Crippen LogP contribution < -0.4 is 11.1 Å². The minimum Gasteiger partial charge on any atom is -0.389 e. The van der Waals surface area contributed by atoms with Gasteiger partial charge in [0.1, 0.15) is 10.8 Å². The fourth-order valence-electron chi connectivity index (χ4n) is 2.35. The van der Waals surface area contributed by atoms with Crippen LogP contribution >= 0.6 is 12.2 Å². The number of halogens is 1. The Morgan fingerprint density at radius 2 is 1.90 bits per heavy atom. The van der Waals surface area contributed by atoms with Gasteiger partial charge in [-0.1, -0.05) is 31.1 Å². The quantitative estimate of drug-likeness (QED) is 0.825. The molecule has 1 aromatic carbocycles. The van der Waals surface area contributed by atoms with Crippen molar-refractivity contribution in [3.63, 3.8) is 0 Å². The lowest BCUT2D eigenvalue weighted by Gasteiger charge is -2.21. The van der Waals surface area contributed by atoms with E-state index in [0.29, 0.717) is 5.69 Å². The molecule has 20 heavy (non-hydrogen) atoms. The van der Waals surface area contributed by atoms with Crippen LogP contribution in [-0.4, -0.2) is 29.0 Å². The van der Waals surface area contributed by atoms with Crippen LogP contribution in [0.1, 0.15) is 31.2 Å². The van der Waals surface area contributed by atoms with Crippen molar-refractivity contribution in [3.05, 3.63) is 29.6 Å². The van der Waals surface area contributed by atoms with E-state index in [0.717, 1.165) is 38.8 Å². The summed E-state index contributed by atoms with van der Waals surface area (Å²) in [5, 5.41) is 2.71. The molecule has 108 valence electrons. The predicted octanol–water partition coefficient (Wildman–Crippen LogP) is 2.87. The summed E-state index contributed by atoms with van der Waals surface area (Å²) < 4.78 is 13.7. The lowest BCUT2D eigenvalue weighted by atomic mass is 10.1. The number of nitrogens with two attached hydrogens (primary N) is 1. The summed E-state index contributed by atoms with van der Waals surface area (Å²) in [7, 11) is 0. The fraction of sp³-hybridized carbons (Fsp3) is 0.429. The van der Waals surface area contributed by atoms with E-state index in [2.05, 4.69) is 5.32 Å². The van der Waals surface area contributed by atoms with Crippen LogP contribution in [0.3, 0.4) is 0 Å². The van der Waals surface area contributed by atoms with E-state index in [1.54, 1.807) is 11.0 Å². The number of nitrogens with one attached hydrogen (secondary N) is 1. The van der Waals surface area contributed by atoms with E-state index < -0.39 is 5.82 Å². The number of thiocarbonyl (C=S) groups is 1. The molecule has 2 amide bonds. The number of urea groups is 1. The number of carbonyl (C=O) groups is 1. The number of anilines is 1. The highest BCUT2D eigenvalue weighted by atomic mass is 32.1. The summed E-state index contributed by atoms with van der Waals surface area (Å²) >= 11 is 4.84. The maximum absolute atomic E-state index is 13.7. The molecule has 3 N–H and O–H groups in total. The maximum atomic E-state index is 13.7. The van der Waals surface area contributed by atoms with Crippen molar-refractivity contribution in [2.75, 3.05) is 18.4 Å². The standard InChI is InChI=1S/C14H18FN3OS/c15-10-6-5-7-11(12(10)13(16)20)17-14(19)18-8-3-1-2-4-9-18/h5-7H,1-4,8-9H2,(H2,16,20)(H,17,19). The van der Waals surface area contributed by atoms with Gasteiger partial charge < -0.3 is 16.0 Å². The van der Waals surface area contributed by atoms with Crippen molar-refractivity contribution in [1.29, 1.82) is 0 Å². The largest absolute Gasteiger partial charge is 0.389 e. The van der Waals surface area contributed by atoms with E-state index in [1.807, 2.05) is 0 Å². The Bertz CT molecular complexity index is 513. The highest BCUT2D eigenvalue weighted by molar-refractivity contribution is 7.80. The molecule has 0 bridgehead atoms. The summed E-state index contributed by atoms with van der Waals surface area (Å²) in [5.41, 5.74) is 5.94. The number of carbonyl (C=O) groups excluding carboxylic acids is 1. The lowest BCUT2D eigenvalue weighted by molar-refractivity contribution is 0.214. The molecule has 1 heterocycles. The Morgan fingerprint density at radius 1 is 1.25 bits per heavy atom. The van der Waals surface area contributed by atoms with E-state index in [1.165, 1.54) is 12.1 Å². The third-order valence-electron chi connectivity index (χ3n) is 3.39. The summed E-state index contributed by atoms with van der Waals surface area (Å²) in [6, 6.07) is 4.17. The fourth-order valence-corrected chi connectivity index (χ4v) is 2.55. The summed E-state index contributed by atoms with van der Waals surface area (Å²) in [5.74, 6) is -0.522. The van der Waals surface area contributed by atoms with Gasteiger partial charge in [0.05, 0.1) is 11.3 Å². The third kappa shape index (κ3) is 3.45. The second-order valence-electron chi connectivity index (χ2n) is 4.86. The van der Waals surface area contributed by atoms with Crippen molar-refractivity contribution in [1.82, 2.24) is 4.90 Å². The van der Waals surface area contributed by atoms with Gasteiger partial charge in [-0.15, -0.1) is 0 Å². The molecule has 1 aliphatic heterocycles. The van der Waals surface area contributed by atoms with Gasteiger partial charge in [-0.05, 0) is 25.0 Å². The van der Waals surface area contributed by atoms with Crippen molar-refractivity contribution in [2.45, 2.75) is 25.7 Å². The Balaban J connectivity index is 2.15. The minimum atomic E-state index is -0.522. The van der Waals surface area contributed by atoms with E-state index in [4.69, 9.17) is 18.0 Å². The molecule has 1 aliphatic rings. The Hall–Kier alpha value is -1.69. The normalized spacial score (nSPS) is 15.6. The number of nitrogens with zero attached hydrogens (tertiary/aromatic N) is 1. The molecule has 0 saturated carbocycles. The molecule has 1 aromatic rings. The van der Waals surface area contributed by atoms with E-state index in [-0.39, 0.29) is 16.6 Å². The Kier molecular flexibility index (Phi) is 4.89. The number of likely N-dealkylation sites (tertiary alicyclic amines) is 1. The van der Waals surface area contributed by atoms with Crippen molar-refractivity contribution in [3.8, 4) is 0 Å². The van der Waals surface area contributed by atoms with Crippen LogP contribution in [0.15, 0.2) is 18.2 Å². The first-order chi connectivity index (χ1) is 9.59. The summed E-state index contributed by atoms with van der Waals surface area (Å²) in [4.78, 5) is 13.9.